The van der Waals surface area contributed by atoms with Gasteiger partial charge in [0.2, 0.25) is 0 Å². The third-order valence-corrected chi connectivity index (χ3v) is 4.05. The van der Waals surface area contributed by atoms with Crippen molar-refractivity contribution in [3.05, 3.63) is 35.4 Å². The van der Waals surface area contributed by atoms with Crippen molar-refractivity contribution in [3.63, 3.8) is 0 Å². The minimum atomic E-state index is -0.524. The Labute approximate surface area is 105 Å². The van der Waals surface area contributed by atoms with Gasteiger partial charge in [-0.3, -0.25) is 9.69 Å². The highest BCUT2D eigenvalue weighted by Gasteiger charge is 2.50. The molecule has 2 aliphatic rings. The summed E-state index contributed by atoms with van der Waals surface area (Å²) in [6.45, 7) is 1.41. The van der Waals surface area contributed by atoms with Crippen LogP contribution in [0.5, 0.6) is 0 Å². The van der Waals surface area contributed by atoms with Gasteiger partial charge in [-0.1, -0.05) is 0 Å². The van der Waals surface area contributed by atoms with E-state index >= 15 is 0 Å². The van der Waals surface area contributed by atoms with E-state index in [1.807, 2.05) is 0 Å². The van der Waals surface area contributed by atoms with E-state index in [2.05, 4.69) is 4.90 Å². The summed E-state index contributed by atoms with van der Waals surface area (Å²) in [5.41, 5.74) is 0.498. The minimum Gasteiger partial charge on any atom is -0.300 e. The molecule has 0 amide bonds. The van der Waals surface area contributed by atoms with Gasteiger partial charge in [0.05, 0.1) is 0 Å². The van der Waals surface area contributed by atoms with Gasteiger partial charge in [-0.15, -0.1) is 0 Å². The Hall–Kier alpha value is -1.29. The largest absolute Gasteiger partial charge is 0.300 e. The highest BCUT2D eigenvalue weighted by Crippen LogP contribution is 2.51. The number of hydrogen-bond donors (Lipinski definition) is 0. The van der Waals surface area contributed by atoms with E-state index in [9.17, 15) is 13.6 Å². The summed E-state index contributed by atoms with van der Waals surface area (Å²) in [5.74, 6) is -0.763. The van der Waals surface area contributed by atoms with Crippen molar-refractivity contribution in [2.75, 3.05) is 13.1 Å². The third kappa shape index (κ3) is 1.94. The molecule has 0 atom stereocenters. The van der Waals surface area contributed by atoms with Crippen LogP contribution in [0.25, 0.3) is 0 Å². The standard InChI is InChI=1S/C14H15F2NO/c15-11-7-10(8-12(16)9-11)14(3-4-14)17-5-1-13(18)2-6-17/h7-9H,1-6H2. The number of Topliss-reactive ketones (excluding diaryl/α,β-unsaturated/α-hetero) is 1. The molecule has 1 heterocycles. The summed E-state index contributed by atoms with van der Waals surface area (Å²) < 4.78 is 26.6. The number of nitrogens with zero attached hydrogens (tertiary/aromatic N) is 1. The molecule has 0 bridgehead atoms. The first kappa shape index (κ1) is 11.8. The van der Waals surface area contributed by atoms with Gasteiger partial charge in [-0.2, -0.15) is 0 Å². The molecule has 2 nitrogen and oxygen atoms in total. The van der Waals surface area contributed by atoms with E-state index < -0.39 is 11.6 Å². The van der Waals surface area contributed by atoms with Crippen LogP contribution in [0.2, 0.25) is 0 Å². The maximum atomic E-state index is 13.3. The quantitative estimate of drug-likeness (QED) is 0.805. The van der Waals surface area contributed by atoms with Gasteiger partial charge in [0.25, 0.3) is 0 Å². The lowest BCUT2D eigenvalue weighted by Gasteiger charge is -2.34. The van der Waals surface area contributed by atoms with Crippen molar-refractivity contribution in [1.29, 1.82) is 0 Å². The molecule has 3 rings (SSSR count). The molecule has 1 aromatic carbocycles. The average molecular weight is 251 g/mol. The summed E-state index contributed by atoms with van der Waals surface area (Å²) in [6, 6.07) is 3.75. The smallest absolute Gasteiger partial charge is 0.135 e. The molecule has 4 heteroatoms. The lowest BCUT2D eigenvalue weighted by molar-refractivity contribution is -0.122. The number of carbonyl (C=O) groups excluding carboxylic acids is 1. The van der Waals surface area contributed by atoms with Crippen LogP contribution in [0.3, 0.4) is 0 Å². The fourth-order valence-corrected chi connectivity index (χ4v) is 2.91. The number of piperidine rings is 1. The molecule has 1 aromatic rings. The molecule has 2 fully saturated rings. The lowest BCUT2D eigenvalue weighted by Crippen LogP contribution is -2.41. The zero-order valence-electron chi connectivity index (χ0n) is 10.1. The van der Waals surface area contributed by atoms with E-state index in [1.54, 1.807) is 0 Å². The van der Waals surface area contributed by atoms with Crippen LogP contribution in [0.1, 0.15) is 31.2 Å². The molecule has 1 aliphatic heterocycles. The molecule has 0 aromatic heterocycles. The van der Waals surface area contributed by atoms with E-state index in [0.29, 0.717) is 31.5 Å². The highest BCUT2D eigenvalue weighted by molar-refractivity contribution is 5.79. The number of hydrogen-bond acceptors (Lipinski definition) is 2. The van der Waals surface area contributed by atoms with E-state index in [0.717, 1.165) is 18.9 Å². The van der Waals surface area contributed by atoms with Crippen LogP contribution in [0.15, 0.2) is 18.2 Å². The highest BCUT2D eigenvalue weighted by atomic mass is 19.1. The minimum absolute atomic E-state index is 0.219. The predicted octanol–water partition coefficient (Wildman–Crippen LogP) is 2.62. The number of likely N-dealkylation sites (tertiary alicyclic amines) is 1. The fourth-order valence-electron chi connectivity index (χ4n) is 2.91. The fraction of sp³-hybridized carbons (Fsp3) is 0.500. The Balaban J connectivity index is 1.88. The number of carbonyl (C=O) groups is 1. The Morgan fingerprint density at radius 1 is 1.00 bits per heavy atom. The molecular formula is C14H15F2NO. The topological polar surface area (TPSA) is 20.3 Å². The van der Waals surface area contributed by atoms with E-state index in [4.69, 9.17) is 0 Å². The number of ketones is 1. The maximum Gasteiger partial charge on any atom is 0.135 e. The molecule has 0 radical (unpaired) electrons. The first-order valence-electron chi connectivity index (χ1n) is 6.33. The van der Waals surface area contributed by atoms with Gasteiger partial charge in [0.1, 0.15) is 17.4 Å². The normalized spacial score (nSPS) is 23.1. The Bertz CT molecular complexity index is 466. The molecule has 1 saturated carbocycles. The summed E-state index contributed by atoms with van der Waals surface area (Å²) in [4.78, 5) is 13.5. The van der Waals surface area contributed by atoms with Crippen LogP contribution in [0, 0.1) is 11.6 Å². The monoisotopic (exact) mass is 251 g/mol. The zero-order valence-corrected chi connectivity index (χ0v) is 10.1. The van der Waals surface area contributed by atoms with Crippen molar-refractivity contribution in [2.24, 2.45) is 0 Å². The van der Waals surface area contributed by atoms with E-state index in [-0.39, 0.29) is 11.3 Å². The third-order valence-electron chi connectivity index (χ3n) is 4.05. The molecule has 0 spiro atoms. The average Bonchev–Trinajstić information content (AvgIpc) is 3.10. The maximum absolute atomic E-state index is 13.3. The van der Waals surface area contributed by atoms with Crippen LogP contribution < -0.4 is 0 Å². The lowest BCUT2D eigenvalue weighted by atomic mass is 9.99. The second kappa shape index (κ2) is 4.12. The first-order valence-corrected chi connectivity index (χ1v) is 6.33. The van der Waals surface area contributed by atoms with Crippen LogP contribution in [-0.4, -0.2) is 23.8 Å². The number of rotatable bonds is 2. The van der Waals surface area contributed by atoms with E-state index in [1.165, 1.54) is 12.1 Å². The summed E-state index contributed by atoms with van der Waals surface area (Å²) in [5, 5.41) is 0. The van der Waals surface area contributed by atoms with Gasteiger partial charge >= 0.3 is 0 Å². The second-order valence-corrected chi connectivity index (χ2v) is 5.22. The second-order valence-electron chi connectivity index (χ2n) is 5.22. The van der Waals surface area contributed by atoms with Gasteiger partial charge in [0, 0.05) is 37.5 Å². The van der Waals surface area contributed by atoms with Crippen LogP contribution in [0.4, 0.5) is 8.78 Å². The molecule has 1 saturated heterocycles. The number of benzene rings is 1. The van der Waals surface area contributed by atoms with Crippen molar-refractivity contribution in [2.45, 2.75) is 31.2 Å². The van der Waals surface area contributed by atoms with Gasteiger partial charge in [0.15, 0.2) is 0 Å². The van der Waals surface area contributed by atoms with Gasteiger partial charge in [-0.05, 0) is 30.5 Å². The summed E-state index contributed by atoms with van der Waals surface area (Å²) in [7, 11) is 0. The van der Waals surface area contributed by atoms with Crippen LogP contribution >= 0.6 is 0 Å². The van der Waals surface area contributed by atoms with Crippen LogP contribution in [-0.2, 0) is 10.3 Å². The molecule has 96 valence electrons. The van der Waals surface area contributed by atoms with Crippen molar-refractivity contribution >= 4 is 5.78 Å². The summed E-state index contributed by atoms with van der Waals surface area (Å²) >= 11 is 0. The summed E-state index contributed by atoms with van der Waals surface area (Å²) in [6.07, 6.45) is 2.95. The zero-order chi connectivity index (χ0) is 12.8. The molecular weight excluding hydrogens is 236 g/mol. The predicted molar refractivity (Wildman–Crippen MR) is 63.1 cm³/mol. The Morgan fingerprint density at radius 2 is 1.56 bits per heavy atom. The van der Waals surface area contributed by atoms with Gasteiger partial charge in [-0.25, -0.2) is 8.78 Å². The SMILES string of the molecule is O=C1CCN(C2(c3cc(F)cc(F)c3)CC2)CC1. The van der Waals surface area contributed by atoms with Gasteiger partial charge < -0.3 is 0 Å². The Morgan fingerprint density at radius 3 is 2.06 bits per heavy atom. The van der Waals surface area contributed by atoms with Crippen molar-refractivity contribution < 1.29 is 13.6 Å². The molecule has 1 aliphatic carbocycles. The first-order chi connectivity index (χ1) is 8.60. The number of halogens is 2. The molecule has 0 unspecified atom stereocenters. The molecule has 18 heavy (non-hydrogen) atoms. The molecule has 0 N–H and O–H groups in total. The van der Waals surface area contributed by atoms with Crippen molar-refractivity contribution in [1.82, 2.24) is 4.90 Å². The Kier molecular flexibility index (Phi) is 2.70. The van der Waals surface area contributed by atoms with Crippen molar-refractivity contribution in [3.8, 4) is 0 Å².